The Morgan fingerprint density at radius 2 is 1.79 bits per heavy atom. The number of nitrogens with one attached hydrogen (secondary N) is 1. The summed E-state index contributed by atoms with van der Waals surface area (Å²) in [6, 6.07) is 3.96. The summed E-state index contributed by atoms with van der Waals surface area (Å²) >= 11 is 0. The number of hydrogen-bond acceptors (Lipinski definition) is 6. The van der Waals surface area contributed by atoms with E-state index in [1.54, 1.807) is 18.2 Å². The fourth-order valence-corrected chi connectivity index (χ4v) is 4.46. The zero-order chi connectivity index (χ0) is 21.1. The van der Waals surface area contributed by atoms with E-state index in [0.29, 0.717) is 0 Å². The Labute approximate surface area is 164 Å². The zero-order valence-corrected chi connectivity index (χ0v) is 16.9. The minimum absolute atomic E-state index is 0.177. The van der Waals surface area contributed by atoms with E-state index in [2.05, 4.69) is 0 Å². The van der Waals surface area contributed by atoms with Crippen LogP contribution in [0, 0.1) is 19.8 Å². The molecule has 1 aliphatic heterocycles. The number of nitrogens with zero attached hydrogens (tertiary/aromatic N) is 1. The normalized spacial score (nSPS) is 17.0. The maximum absolute atomic E-state index is 12.8. The van der Waals surface area contributed by atoms with E-state index in [1.807, 2.05) is 19.2 Å². The van der Waals surface area contributed by atoms with Gasteiger partial charge in [-0.2, -0.15) is 4.31 Å². The molecular formula is C18H25N3O6S. The molecular weight excluding hydrogens is 386 g/mol. The SMILES string of the molecule is Cc1ccc(S(=O)(=O)N2CCC(C(=O)OC(C)C(=O)NC(N)=O)CC2)cc1C. The molecule has 1 fully saturated rings. The summed E-state index contributed by atoms with van der Waals surface area (Å²) in [5.74, 6) is -1.93. The highest BCUT2D eigenvalue weighted by atomic mass is 32.2. The first-order chi connectivity index (χ1) is 13.0. The molecule has 9 nitrogen and oxygen atoms in total. The van der Waals surface area contributed by atoms with Gasteiger partial charge in [0.2, 0.25) is 10.0 Å². The summed E-state index contributed by atoms with van der Waals surface area (Å²) < 4.78 is 32.0. The van der Waals surface area contributed by atoms with Crippen LogP contribution < -0.4 is 11.1 Å². The number of benzene rings is 1. The first-order valence-corrected chi connectivity index (χ1v) is 10.3. The quantitative estimate of drug-likeness (QED) is 0.689. The van der Waals surface area contributed by atoms with Gasteiger partial charge in [-0.3, -0.25) is 14.9 Å². The number of piperidine rings is 1. The molecule has 3 N–H and O–H groups in total. The molecule has 28 heavy (non-hydrogen) atoms. The van der Waals surface area contributed by atoms with Crippen LogP contribution in [0.4, 0.5) is 4.79 Å². The average Bonchev–Trinajstić information content (AvgIpc) is 2.63. The maximum Gasteiger partial charge on any atom is 0.318 e. The number of amides is 3. The predicted molar refractivity (Wildman–Crippen MR) is 101 cm³/mol. The van der Waals surface area contributed by atoms with Crippen LogP contribution in [-0.4, -0.2) is 49.8 Å². The number of hydrogen-bond donors (Lipinski definition) is 2. The van der Waals surface area contributed by atoms with Crippen LogP contribution >= 0.6 is 0 Å². The maximum atomic E-state index is 12.8. The molecule has 1 unspecified atom stereocenters. The van der Waals surface area contributed by atoms with Crippen molar-refractivity contribution < 1.29 is 27.5 Å². The lowest BCUT2D eigenvalue weighted by atomic mass is 9.98. The van der Waals surface area contributed by atoms with Gasteiger partial charge in [-0.05, 0) is 56.9 Å². The molecule has 1 aromatic carbocycles. The van der Waals surface area contributed by atoms with Crippen molar-refractivity contribution in [3.05, 3.63) is 29.3 Å². The number of aryl methyl sites for hydroxylation is 2. The van der Waals surface area contributed by atoms with Crippen molar-refractivity contribution in [2.24, 2.45) is 11.7 Å². The molecule has 0 bridgehead atoms. The minimum atomic E-state index is -3.63. The number of rotatable bonds is 5. The van der Waals surface area contributed by atoms with Crippen LogP contribution in [0.15, 0.2) is 23.1 Å². The van der Waals surface area contributed by atoms with E-state index < -0.39 is 40.0 Å². The molecule has 0 aliphatic carbocycles. The molecule has 1 aliphatic rings. The van der Waals surface area contributed by atoms with Crippen LogP contribution in [0.2, 0.25) is 0 Å². The van der Waals surface area contributed by atoms with E-state index in [0.717, 1.165) is 11.1 Å². The van der Waals surface area contributed by atoms with Gasteiger partial charge in [0.15, 0.2) is 6.10 Å². The highest BCUT2D eigenvalue weighted by molar-refractivity contribution is 7.89. The fourth-order valence-electron chi connectivity index (χ4n) is 2.90. The topological polar surface area (TPSA) is 136 Å². The summed E-state index contributed by atoms with van der Waals surface area (Å²) in [7, 11) is -3.63. The molecule has 10 heteroatoms. The first kappa shape index (κ1) is 21.8. The van der Waals surface area contributed by atoms with Crippen LogP contribution in [-0.2, 0) is 24.3 Å². The number of carbonyl (C=O) groups is 3. The summed E-state index contributed by atoms with van der Waals surface area (Å²) in [4.78, 5) is 34.7. The van der Waals surface area contributed by atoms with Crippen LogP contribution in [0.3, 0.4) is 0 Å². The van der Waals surface area contributed by atoms with E-state index in [-0.39, 0.29) is 30.8 Å². The fraction of sp³-hybridized carbons (Fsp3) is 0.500. The zero-order valence-electron chi connectivity index (χ0n) is 16.1. The van der Waals surface area contributed by atoms with Crippen LogP contribution in [0.25, 0.3) is 0 Å². The van der Waals surface area contributed by atoms with Gasteiger partial charge in [-0.1, -0.05) is 6.07 Å². The molecule has 0 spiro atoms. The third kappa shape index (κ3) is 5.08. The van der Waals surface area contributed by atoms with Crippen LogP contribution in [0.1, 0.15) is 30.9 Å². The van der Waals surface area contributed by atoms with Gasteiger partial charge in [-0.25, -0.2) is 13.2 Å². The van der Waals surface area contributed by atoms with E-state index >= 15 is 0 Å². The van der Waals surface area contributed by atoms with Gasteiger partial charge in [0.1, 0.15) is 0 Å². The van der Waals surface area contributed by atoms with Gasteiger partial charge in [0.05, 0.1) is 10.8 Å². The number of urea groups is 1. The van der Waals surface area contributed by atoms with Crippen molar-refractivity contribution in [2.45, 2.75) is 44.6 Å². The summed E-state index contributed by atoms with van der Waals surface area (Å²) in [5.41, 5.74) is 6.75. The molecule has 0 radical (unpaired) electrons. The van der Waals surface area contributed by atoms with Crippen LogP contribution in [0.5, 0.6) is 0 Å². The van der Waals surface area contributed by atoms with E-state index in [9.17, 15) is 22.8 Å². The number of ether oxygens (including phenoxy) is 1. The van der Waals surface area contributed by atoms with Crippen molar-refractivity contribution in [2.75, 3.05) is 13.1 Å². The molecule has 154 valence electrons. The number of carbonyl (C=O) groups excluding carboxylic acids is 3. The Morgan fingerprint density at radius 3 is 2.32 bits per heavy atom. The highest BCUT2D eigenvalue weighted by Crippen LogP contribution is 2.26. The van der Waals surface area contributed by atoms with Gasteiger partial charge >= 0.3 is 12.0 Å². The summed E-state index contributed by atoms with van der Waals surface area (Å²) in [6.45, 7) is 5.45. The lowest BCUT2D eigenvalue weighted by Crippen LogP contribution is -2.44. The second kappa shape index (κ2) is 8.70. The molecule has 1 heterocycles. The molecule has 1 saturated heterocycles. The Bertz CT molecular complexity index is 875. The largest absolute Gasteiger partial charge is 0.452 e. The van der Waals surface area contributed by atoms with Crippen molar-refractivity contribution in [1.29, 1.82) is 0 Å². The molecule has 3 amide bonds. The average molecular weight is 411 g/mol. The second-order valence-corrected chi connectivity index (χ2v) is 8.79. The Morgan fingerprint density at radius 1 is 1.18 bits per heavy atom. The highest BCUT2D eigenvalue weighted by Gasteiger charge is 2.34. The van der Waals surface area contributed by atoms with Crippen molar-refractivity contribution in [3.63, 3.8) is 0 Å². The molecule has 1 atom stereocenters. The number of nitrogens with two attached hydrogens (primary N) is 1. The minimum Gasteiger partial charge on any atom is -0.452 e. The van der Waals surface area contributed by atoms with Gasteiger partial charge in [-0.15, -0.1) is 0 Å². The predicted octanol–water partition coefficient (Wildman–Crippen LogP) is 0.831. The molecule has 1 aromatic rings. The number of sulfonamides is 1. The Hall–Kier alpha value is -2.46. The summed E-state index contributed by atoms with van der Waals surface area (Å²) in [6.07, 6.45) is -0.600. The molecule has 0 aromatic heterocycles. The smallest absolute Gasteiger partial charge is 0.318 e. The molecule has 2 rings (SSSR count). The molecule has 0 saturated carbocycles. The van der Waals surface area contributed by atoms with Gasteiger partial charge in [0.25, 0.3) is 5.91 Å². The Balaban J connectivity index is 1.96. The monoisotopic (exact) mass is 411 g/mol. The lowest BCUT2D eigenvalue weighted by Gasteiger charge is -2.30. The second-order valence-electron chi connectivity index (χ2n) is 6.86. The lowest BCUT2D eigenvalue weighted by molar-refractivity contribution is -0.159. The van der Waals surface area contributed by atoms with E-state index in [1.165, 1.54) is 11.2 Å². The van der Waals surface area contributed by atoms with Crippen molar-refractivity contribution >= 4 is 27.9 Å². The Kier molecular flexibility index (Phi) is 6.78. The van der Waals surface area contributed by atoms with Crippen molar-refractivity contribution in [3.8, 4) is 0 Å². The van der Waals surface area contributed by atoms with Crippen molar-refractivity contribution in [1.82, 2.24) is 9.62 Å². The van der Waals surface area contributed by atoms with E-state index in [4.69, 9.17) is 10.5 Å². The number of imide groups is 1. The van der Waals surface area contributed by atoms with Gasteiger partial charge < -0.3 is 10.5 Å². The standard InChI is InChI=1S/C18H25N3O6S/c1-11-4-5-15(10-12(11)2)28(25,26)21-8-6-14(7-9-21)17(23)27-13(3)16(22)20-18(19)24/h4-5,10,13-14H,6-9H2,1-3H3,(H3,19,20,22,24). The summed E-state index contributed by atoms with van der Waals surface area (Å²) in [5, 5.41) is 1.84. The van der Waals surface area contributed by atoms with Gasteiger partial charge in [0, 0.05) is 13.1 Å². The third-order valence-corrected chi connectivity index (χ3v) is 6.71. The third-order valence-electron chi connectivity index (χ3n) is 4.81. The first-order valence-electron chi connectivity index (χ1n) is 8.90. The number of primary amides is 1. The number of esters is 1.